The van der Waals surface area contributed by atoms with E-state index in [4.69, 9.17) is 0 Å². The second-order valence-electron chi connectivity index (χ2n) is 1.88. The molecule has 0 aromatic heterocycles. The van der Waals surface area contributed by atoms with Crippen LogP contribution in [0.5, 0.6) is 0 Å². The van der Waals surface area contributed by atoms with Crippen molar-refractivity contribution in [1.82, 2.24) is 0 Å². The fourth-order valence-electron chi connectivity index (χ4n) is 0.416. The van der Waals surface area contributed by atoms with Crippen LogP contribution < -0.4 is 0 Å². The molecule has 0 fully saturated rings. The molecule has 0 rings (SSSR count). The number of alkyl halides is 2. The van der Waals surface area contributed by atoms with E-state index in [-0.39, 0.29) is 19.6 Å². The highest BCUT2D eigenvalue weighted by molar-refractivity contribution is 4.48. The van der Waals surface area contributed by atoms with Gasteiger partial charge in [0.2, 0.25) is 0 Å². The number of halogens is 2. The predicted molar refractivity (Wildman–Crippen MR) is 31.9 cm³/mol. The van der Waals surface area contributed by atoms with Crippen molar-refractivity contribution in [3.63, 3.8) is 0 Å². The molecule has 2 nitrogen and oxygen atoms in total. The van der Waals surface area contributed by atoms with Crippen molar-refractivity contribution in [2.75, 3.05) is 26.5 Å². The van der Waals surface area contributed by atoms with Crippen molar-refractivity contribution in [2.45, 2.75) is 12.6 Å². The average molecular weight is 153 g/mol. The van der Waals surface area contributed by atoms with Crippen LogP contribution in [0, 0.1) is 0 Å². The van der Waals surface area contributed by atoms with Gasteiger partial charge in [-0.2, -0.15) is 0 Å². The van der Waals surface area contributed by atoms with Crippen LogP contribution in [0.4, 0.5) is 8.78 Å². The maximum absolute atomic E-state index is 12.0. The number of rotatable bonds is 6. The highest BCUT2D eigenvalue weighted by Gasteiger charge is 2.03. The van der Waals surface area contributed by atoms with Gasteiger partial charge in [0.05, 0.1) is 13.3 Å². The van der Waals surface area contributed by atoms with E-state index in [0.717, 1.165) is 0 Å². The molecule has 0 aliphatic rings. The minimum absolute atomic E-state index is 0.191. The molecule has 0 aliphatic carbocycles. The molecule has 0 N–H and O–H groups in total. The molecule has 1 atom stereocenters. The van der Waals surface area contributed by atoms with E-state index in [1.54, 1.807) is 0 Å². The van der Waals surface area contributed by atoms with E-state index >= 15 is 0 Å². The van der Waals surface area contributed by atoms with Crippen LogP contribution in [0.1, 0.15) is 6.42 Å². The van der Waals surface area contributed by atoms with Crippen LogP contribution in [-0.2, 0) is 9.84 Å². The van der Waals surface area contributed by atoms with Gasteiger partial charge in [-0.05, 0) is 6.42 Å². The summed E-state index contributed by atoms with van der Waals surface area (Å²) in [6.07, 6.45) is -1.18. The van der Waals surface area contributed by atoms with Crippen LogP contribution >= 0.6 is 0 Å². The molecule has 0 spiro atoms. The van der Waals surface area contributed by atoms with Crippen molar-refractivity contribution in [3.05, 3.63) is 0 Å². The highest BCUT2D eigenvalue weighted by Crippen LogP contribution is 1.91. The molecule has 0 bridgehead atoms. The van der Waals surface area contributed by atoms with Gasteiger partial charge >= 0.3 is 0 Å². The first kappa shape index (κ1) is 9.78. The second kappa shape index (κ2) is 6.89. The fraction of sp³-hybridized carbons (Fsp3) is 1.00. The third-order valence-corrected chi connectivity index (χ3v) is 0.902. The highest BCUT2D eigenvalue weighted by atomic mass is 19.1. The van der Waals surface area contributed by atoms with Crippen molar-refractivity contribution in [1.29, 1.82) is 0 Å². The molecule has 61 valence electrons. The minimum atomic E-state index is -1.44. The van der Waals surface area contributed by atoms with E-state index in [1.807, 2.05) is 0 Å². The van der Waals surface area contributed by atoms with E-state index in [2.05, 4.69) is 4.74 Å². The van der Waals surface area contributed by atoms with Gasteiger partial charge in [-0.15, -0.1) is 0 Å². The quantitative estimate of drug-likeness (QED) is 0.526. The summed E-state index contributed by atoms with van der Waals surface area (Å²) < 4.78 is 28.0. The summed E-state index contributed by atoms with van der Waals surface area (Å²) >= 11 is 0. The monoisotopic (exact) mass is 153 g/mol. The van der Waals surface area contributed by atoms with E-state index in [9.17, 15) is 13.9 Å². The smallest absolute Gasteiger partial charge is 0.150 e. The molecule has 0 saturated heterocycles. The average Bonchev–Trinajstić information content (AvgIpc) is 1.98. The molecule has 0 saturated carbocycles. The molecule has 10 heavy (non-hydrogen) atoms. The Morgan fingerprint density at radius 1 is 1.50 bits per heavy atom. The summed E-state index contributed by atoms with van der Waals surface area (Å²) in [6, 6.07) is 0. The van der Waals surface area contributed by atoms with Crippen LogP contribution in [0.15, 0.2) is 0 Å². The maximum Gasteiger partial charge on any atom is 0.150 e. The lowest BCUT2D eigenvalue weighted by atomic mass is 10.4. The van der Waals surface area contributed by atoms with Gasteiger partial charge in [-0.25, -0.2) is 9.50 Å². The van der Waals surface area contributed by atoms with Crippen LogP contribution in [-0.4, -0.2) is 32.7 Å². The lowest BCUT2D eigenvalue weighted by Gasteiger charge is -2.03. The third kappa shape index (κ3) is 5.91. The van der Waals surface area contributed by atoms with Crippen molar-refractivity contribution >= 4 is 0 Å². The largest absolute Gasteiger partial charge is 0.378 e. The van der Waals surface area contributed by atoms with Gasteiger partial charge in [-0.1, -0.05) is 0 Å². The first-order valence-electron chi connectivity index (χ1n) is 3.17. The summed E-state index contributed by atoms with van der Waals surface area (Å²) in [4.78, 5) is 0. The Hall–Kier alpha value is -0.220. The second-order valence-corrected chi connectivity index (χ2v) is 1.88. The summed E-state index contributed by atoms with van der Waals surface area (Å²) in [7, 11) is 0. The molecule has 0 aromatic rings. The fourth-order valence-corrected chi connectivity index (χ4v) is 0.416. The Kier molecular flexibility index (Phi) is 6.74. The Labute approximate surface area is 58.8 Å². The normalized spacial score (nSPS) is 13.5. The zero-order chi connectivity index (χ0) is 7.82. The van der Waals surface area contributed by atoms with Gasteiger partial charge in [0.15, 0.2) is 0 Å². The Morgan fingerprint density at radius 2 is 2.20 bits per heavy atom. The lowest BCUT2D eigenvalue weighted by molar-refractivity contribution is 0.0301. The summed E-state index contributed by atoms with van der Waals surface area (Å²) in [5, 5.41) is 9.76. The van der Waals surface area contributed by atoms with E-state index in [1.165, 1.54) is 0 Å². The van der Waals surface area contributed by atoms with Crippen molar-refractivity contribution in [3.8, 4) is 0 Å². The molecule has 0 heterocycles. The van der Waals surface area contributed by atoms with Gasteiger partial charge in [0, 0.05) is 6.61 Å². The van der Waals surface area contributed by atoms with Gasteiger partial charge < -0.3 is 4.74 Å². The maximum atomic E-state index is 12.0. The van der Waals surface area contributed by atoms with E-state index < -0.39 is 19.5 Å². The number of hydrogen-bond acceptors (Lipinski definition) is 1. The Bertz CT molecular complexity index is 70.8. The standard InChI is InChI=1S/C6H11F2O2/c7-2-1-3-10-5-6(8)4-9/h6H,1-5H2. The first-order chi connectivity index (χ1) is 4.81. The van der Waals surface area contributed by atoms with Gasteiger partial charge in [0.1, 0.15) is 12.8 Å². The SMILES string of the molecule is [O]CC(F)COCCCF. The van der Waals surface area contributed by atoms with Crippen LogP contribution in [0.25, 0.3) is 0 Å². The Morgan fingerprint density at radius 3 is 2.70 bits per heavy atom. The van der Waals surface area contributed by atoms with Crippen molar-refractivity contribution < 1.29 is 18.6 Å². The molecular weight excluding hydrogens is 142 g/mol. The van der Waals surface area contributed by atoms with Gasteiger partial charge in [-0.3, -0.25) is 4.39 Å². The summed E-state index contributed by atoms with van der Waals surface area (Å²) in [5.74, 6) is 0. The van der Waals surface area contributed by atoms with Crippen LogP contribution in [0.3, 0.4) is 0 Å². The summed E-state index contributed by atoms with van der Waals surface area (Å²) in [6.45, 7) is -1.26. The molecular formula is C6H11F2O2. The Balaban J connectivity index is 2.89. The van der Waals surface area contributed by atoms with E-state index in [0.29, 0.717) is 0 Å². The summed E-state index contributed by atoms with van der Waals surface area (Å²) in [5.41, 5.74) is 0. The molecule has 1 unspecified atom stereocenters. The third-order valence-electron chi connectivity index (χ3n) is 0.902. The predicted octanol–water partition coefficient (Wildman–Crippen LogP) is 1.13. The molecule has 1 radical (unpaired) electrons. The molecule has 0 amide bonds. The lowest BCUT2D eigenvalue weighted by Crippen LogP contribution is -2.14. The number of ether oxygens (including phenoxy) is 1. The zero-order valence-electron chi connectivity index (χ0n) is 5.69. The zero-order valence-corrected chi connectivity index (χ0v) is 5.69. The van der Waals surface area contributed by atoms with Gasteiger partial charge in [0.25, 0.3) is 0 Å². The minimum Gasteiger partial charge on any atom is -0.378 e. The molecule has 0 aliphatic heterocycles. The molecule has 0 aromatic carbocycles. The van der Waals surface area contributed by atoms with Crippen molar-refractivity contribution in [2.24, 2.45) is 0 Å². The molecule has 4 heteroatoms. The first-order valence-corrected chi connectivity index (χ1v) is 3.17. The van der Waals surface area contributed by atoms with Crippen LogP contribution in [0.2, 0.25) is 0 Å². The number of hydrogen-bond donors (Lipinski definition) is 0. The topological polar surface area (TPSA) is 29.1 Å².